The summed E-state index contributed by atoms with van der Waals surface area (Å²) in [7, 11) is 0. The number of aliphatic hydroxyl groups is 1. The van der Waals surface area contributed by atoms with Gasteiger partial charge >= 0.3 is 0 Å². The number of carbonyl (C=O) groups excluding carboxylic acids is 1. The van der Waals surface area contributed by atoms with Gasteiger partial charge in [0, 0.05) is 11.5 Å². The highest BCUT2D eigenvalue weighted by Gasteiger charge is 2.48. The van der Waals surface area contributed by atoms with Gasteiger partial charge in [0.25, 0.3) is 5.91 Å². The molecule has 0 aromatic carbocycles. The molecular weight excluding hydrogens is 250 g/mol. The van der Waals surface area contributed by atoms with Crippen molar-refractivity contribution in [1.82, 2.24) is 14.9 Å². The summed E-state index contributed by atoms with van der Waals surface area (Å²) in [4.78, 5) is 12.8. The summed E-state index contributed by atoms with van der Waals surface area (Å²) < 4.78 is 3.85. The Morgan fingerprint density at radius 2 is 2.22 bits per heavy atom. The fraction of sp³-hybridized carbons (Fsp3) is 0.750. The highest BCUT2D eigenvalue weighted by atomic mass is 32.1. The van der Waals surface area contributed by atoms with E-state index >= 15 is 0 Å². The predicted octanol–water partition coefficient (Wildman–Crippen LogP) is 1.55. The Kier molecular flexibility index (Phi) is 3.42. The van der Waals surface area contributed by atoms with E-state index in [1.807, 2.05) is 27.7 Å². The summed E-state index contributed by atoms with van der Waals surface area (Å²) in [6.45, 7) is 7.90. The average Bonchev–Trinajstić information content (AvgIpc) is 2.77. The summed E-state index contributed by atoms with van der Waals surface area (Å²) in [6, 6.07) is 0.0158. The zero-order valence-corrected chi connectivity index (χ0v) is 11.9. The van der Waals surface area contributed by atoms with Crippen molar-refractivity contribution in [1.29, 1.82) is 0 Å². The first kappa shape index (κ1) is 13.4. The van der Waals surface area contributed by atoms with E-state index in [1.165, 1.54) is 0 Å². The first-order valence-electron chi connectivity index (χ1n) is 6.15. The molecule has 0 radical (unpaired) electrons. The molecule has 1 saturated carbocycles. The highest BCUT2D eigenvalue weighted by molar-refractivity contribution is 7.08. The smallest absolute Gasteiger partial charge is 0.265 e. The second-order valence-corrected chi connectivity index (χ2v) is 6.50. The van der Waals surface area contributed by atoms with Crippen molar-refractivity contribution < 1.29 is 9.90 Å². The van der Waals surface area contributed by atoms with Gasteiger partial charge in [0.1, 0.15) is 4.88 Å². The van der Waals surface area contributed by atoms with E-state index in [0.717, 1.165) is 17.2 Å². The SMILES string of the molecule is CC(C)c1nnsc1C(=O)NC1CC(O)C1(C)C. The van der Waals surface area contributed by atoms with Gasteiger partial charge in [-0.25, -0.2) is 0 Å². The second kappa shape index (κ2) is 4.59. The molecule has 2 N–H and O–H groups in total. The van der Waals surface area contributed by atoms with Crippen molar-refractivity contribution in [3.05, 3.63) is 10.6 Å². The lowest BCUT2D eigenvalue weighted by atomic mass is 9.64. The minimum atomic E-state index is -0.341. The van der Waals surface area contributed by atoms with Gasteiger partial charge in [-0.3, -0.25) is 4.79 Å². The highest BCUT2D eigenvalue weighted by Crippen LogP contribution is 2.40. The standard InChI is InChI=1S/C12H19N3O2S/c1-6(2)9-10(18-15-14-9)11(17)13-7-5-8(16)12(7,3)4/h6-8,16H,5H2,1-4H3,(H,13,17). The van der Waals surface area contributed by atoms with Crippen molar-refractivity contribution in [3.63, 3.8) is 0 Å². The Labute approximate surface area is 111 Å². The quantitative estimate of drug-likeness (QED) is 0.873. The molecule has 0 aliphatic heterocycles. The summed E-state index contributed by atoms with van der Waals surface area (Å²) in [5.41, 5.74) is 0.487. The molecule has 0 saturated heterocycles. The van der Waals surface area contributed by atoms with Gasteiger partial charge in [-0.15, -0.1) is 5.10 Å². The molecule has 0 bridgehead atoms. The van der Waals surface area contributed by atoms with Gasteiger partial charge in [0.15, 0.2) is 0 Å². The van der Waals surface area contributed by atoms with Crippen LogP contribution in [-0.4, -0.2) is 32.7 Å². The van der Waals surface area contributed by atoms with Crippen LogP contribution in [0.1, 0.15) is 55.4 Å². The molecule has 2 atom stereocenters. The monoisotopic (exact) mass is 269 g/mol. The zero-order valence-electron chi connectivity index (χ0n) is 11.1. The van der Waals surface area contributed by atoms with Crippen LogP contribution in [0, 0.1) is 5.41 Å². The van der Waals surface area contributed by atoms with Crippen LogP contribution in [0.4, 0.5) is 0 Å². The summed E-state index contributed by atoms with van der Waals surface area (Å²) in [5.74, 6) is 0.0585. The number of aromatic nitrogens is 2. The van der Waals surface area contributed by atoms with Crippen molar-refractivity contribution in [2.24, 2.45) is 5.41 Å². The normalized spacial score (nSPS) is 25.9. The maximum atomic E-state index is 12.2. The lowest BCUT2D eigenvalue weighted by Gasteiger charge is -2.49. The number of hydrogen-bond donors (Lipinski definition) is 2. The molecular formula is C12H19N3O2S. The third-order valence-electron chi connectivity index (χ3n) is 3.79. The van der Waals surface area contributed by atoms with Gasteiger partial charge in [-0.1, -0.05) is 32.2 Å². The first-order chi connectivity index (χ1) is 8.34. The van der Waals surface area contributed by atoms with Crippen LogP contribution in [0.3, 0.4) is 0 Å². The van der Waals surface area contributed by atoms with Crippen LogP contribution in [0.15, 0.2) is 0 Å². The number of carbonyl (C=O) groups is 1. The molecule has 100 valence electrons. The predicted molar refractivity (Wildman–Crippen MR) is 69.7 cm³/mol. The molecule has 1 aromatic rings. The summed E-state index contributed by atoms with van der Waals surface area (Å²) in [6.07, 6.45) is 0.272. The zero-order chi connectivity index (χ0) is 13.5. The fourth-order valence-corrected chi connectivity index (χ4v) is 2.83. The van der Waals surface area contributed by atoms with E-state index in [9.17, 15) is 9.90 Å². The lowest BCUT2D eigenvalue weighted by molar-refractivity contribution is -0.0689. The molecule has 1 amide bonds. The van der Waals surface area contributed by atoms with Crippen molar-refractivity contribution in [3.8, 4) is 0 Å². The van der Waals surface area contributed by atoms with Crippen LogP contribution in [0.2, 0.25) is 0 Å². The van der Waals surface area contributed by atoms with Gasteiger partial charge < -0.3 is 10.4 Å². The summed E-state index contributed by atoms with van der Waals surface area (Å²) in [5, 5.41) is 16.6. The Morgan fingerprint density at radius 3 is 2.72 bits per heavy atom. The van der Waals surface area contributed by atoms with E-state index in [4.69, 9.17) is 0 Å². The molecule has 1 aliphatic rings. The third kappa shape index (κ3) is 2.14. The van der Waals surface area contributed by atoms with Crippen molar-refractivity contribution >= 4 is 17.4 Å². The molecule has 1 fully saturated rings. The van der Waals surface area contributed by atoms with Crippen LogP contribution in [0.5, 0.6) is 0 Å². The molecule has 18 heavy (non-hydrogen) atoms. The molecule has 1 aromatic heterocycles. The third-order valence-corrected chi connectivity index (χ3v) is 4.53. The number of hydrogen-bond acceptors (Lipinski definition) is 5. The van der Waals surface area contributed by atoms with E-state index in [-0.39, 0.29) is 29.4 Å². The lowest BCUT2D eigenvalue weighted by Crippen LogP contribution is -2.61. The van der Waals surface area contributed by atoms with E-state index in [2.05, 4.69) is 14.9 Å². The molecule has 5 nitrogen and oxygen atoms in total. The van der Waals surface area contributed by atoms with Crippen molar-refractivity contribution in [2.45, 2.75) is 52.2 Å². The van der Waals surface area contributed by atoms with E-state index in [1.54, 1.807) is 0 Å². The Balaban J connectivity index is 2.07. The Hall–Kier alpha value is -1.01. The first-order valence-corrected chi connectivity index (χ1v) is 6.92. The van der Waals surface area contributed by atoms with Crippen LogP contribution >= 0.6 is 11.5 Å². The van der Waals surface area contributed by atoms with Gasteiger partial charge in [0.05, 0.1) is 11.8 Å². The minimum Gasteiger partial charge on any atom is -0.392 e. The molecule has 1 aliphatic carbocycles. The maximum Gasteiger partial charge on any atom is 0.265 e. The molecule has 0 spiro atoms. The Morgan fingerprint density at radius 1 is 1.56 bits per heavy atom. The molecule has 1 heterocycles. The van der Waals surface area contributed by atoms with Crippen LogP contribution in [-0.2, 0) is 0 Å². The average molecular weight is 269 g/mol. The van der Waals surface area contributed by atoms with Gasteiger partial charge in [-0.05, 0) is 23.9 Å². The van der Waals surface area contributed by atoms with Gasteiger partial charge in [-0.2, -0.15) is 0 Å². The minimum absolute atomic E-state index is 0.0158. The molecule has 2 unspecified atom stereocenters. The summed E-state index contributed by atoms with van der Waals surface area (Å²) >= 11 is 1.13. The topological polar surface area (TPSA) is 75.1 Å². The van der Waals surface area contributed by atoms with Crippen LogP contribution in [0.25, 0.3) is 0 Å². The van der Waals surface area contributed by atoms with Crippen LogP contribution < -0.4 is 5.32 Å². The fourth-order valence-electron chi connectivity index (χ4n) is 2.10. The van der Waals surface area contributed by atoms with E-state index < -0.39 is 0 Å². The second-order valence-electron chi connectivity index (χ2n) is 5.74. The maximum absolute atomic E-state index is 12.2. The van der Waals surface area contributed by atoms with E-state index in [0.29, 0.717) is 11.3 Å². The largest absolute Gasteiger partial charge is 0.392 e. The van der Waals surface area contributed by atoms with Gasteiger partial charge in [0.2, 0.25) is 0 Å². The number of amides is 1. The number of nitrogens with one attached hydrogen (secondary N) is 1. The number of rotatable bonds is 3. The Bertz CT molecular complexity index is 456. The van der Waals surface area contributed by atoms with Crippen molar-refractivity contribution in [2.75, 3.05) is 0 Å². The number of nitrogens with zero attached hydrogens (tertiary/aromatic N) is 2. The number of aliphatic hydroxyl groups excluding tert-OH is 1. The molecule has 6 heteroatoms. The molecule has 2 rings (SSSR count).